The molecule has 2 aliphatic heterocycles. The highest BCUT2D eigenvalue weighted by Crippen LogP contribution is 2.34. The van der Waals surface area contributed by atoms with Crippen LogP contribution in [0.25, 0.3) is 0 Å². The summed E-state index contributed by atoms with van der Waals surface area (Å²) in [5, 5.41) is 9.54. The minimum absolute atomic E-state index is 0.0228. The van der Waals surface area contributed by atoms with Crippen LogP contribution in [0.2, 0.25) is 0 Å². The fourth-order valence-electron chi connectivity index (χ4n) is 4.26. The van der Waals surface area contributed by atoms with E-state index in [1.165, 1.54) is 0 Å². The Morgan fingerprint density at radius 1 is 1.19 bits per heavy atom. The third-order valence-electron chi connectivity index (χ3n) is 5.63. The maximum atomic E-state index is 13.4. The number of rotatable bonds is 4. The van der Waals surface area contributed by atoms with Gasteiger partial charge in [0.25, 0.3) is 0 Å². The molecule has 2 atom stereocenters. The van der Waals surface area contributed by atoms with Crippen LogP contribution in [0.1, 0.15) is 37.5 Å². The van der Waals surface area contributed by atoms with Gasteiger partial charge in [0.1, 0.15) is 5.82 Å². The van der Waals surface area contributed by atoms with Crippen molar-refractivity contribution >= 4 is 23.5 Å². The van der Waals surface area contributed by atoms with Crippen molar-refractivity contribution in [2.24, 2.45) is 13.0 Å². The van der Waals surface area contributed by atoms with E-state index >= 15 is 0 Å². The molecule has 4 heterocycles. The van der Waals surface area contributed by atoms with E-state index in [2.05, 4.69) is 20.1 Å². The topological polar surface area (TPSA) is 67.2 Å². The molecule has 0 aromatic carbocycles. The van der Waals surface area contributed by atoms with E-state index in [1.54, 1.807) is 11.8 Å². The summed E-state index contributed by atoms with van der Waals surface area (Å²) < 4.78 is 2.03. The van der Waals surface area contributed by atoms with Gasteiger partial charge < -0.3 is 14.4 Å². The summed E-state index contributed by atoms with van der Waals surface area (Å²) in [6, 6.07) is 5.99. The van der Waals surface area contributed by atoms with Crippen molar-refractivity contribution in [1.29, 1.82) is 0 Å². The Morgan fingerprint density at radius 3 is 2.78 bits per heavy atom. The average Bonchev–Trinajstić information content (AvgIpc) is 3.34. The van der Waals surface area contributed by atoms with Gasteiger partial charge >= 0.3 is 0 Å². The molecule has 2 fully saturated rings. The van der Waals surface area contributed by atoms with Crippen molar-refractivity contribution < 1.29 is 4.79 Å². The molecule has 144 valence electrons. The summed E-state index contributed by atoms with van der Waals surface area (Å²) >= 11 is 1.58. The number of amides is 1. The first-order valence-electron chi connectivity index (χ1n) is 9.58. The summed E-state index contributed by atoms with van der Waals surface area (Å²) in [6.07, 6.45) is 7.76. The number of piperidine rings is 1. The lowest BCUT2D eigenvalue weighted by Gasteiger charge is -2.36. The predicted octanol–water partition coefficient (Wildman–Crippen LogP) is 2.51. The molecule has 0 saturated carbocycles. The summed E-state index contributed by atoms with van der Waals surface area (Å²) in [7, 11) is 1.99. The Labute approximate surface area is 164 Å². The molecule has 0 unspecified atom stereocenters. The molecule has 2 aromatic rings. The molecule has 2 saturated heterocycles. The van der Waals surface area contributed by atoms with Crippen LogP contribution >= 0.6 is 11.8 Å². The Bertz CT molecular complexity index is 795. The Hall–Kier alpha value is -2.09. The minimum atomic E-state index is 0.0228. The second-order valence-electron chi connectivity index (χ2n) is 7.27. The molecule has 7 nitrogen and oxygen atoms in total. The highest BCUT2D eigenvalue weighted by Gasteiger charge is 2.38. The monoisotopic (exact) mass is 386 g/mol. The van der Waals surface area contributed by atoms with Gasteiger partial charge in [-0.05, 0) is 44.1 Å². The fraction of sp³-hybridized carbons (Fsp3) is 0.579. The zero-order valence-electron chi connectivity index (χ0n) is 15.9. The lowest BCUT2D eigenvalue weighted by molar-refractivity contribution is -0.137. The van der Waals surface area contributed by atoms with Crippen LogP contribution in [0.3, 0.4) is 0 Å². The van der Waals surface area contributed by atoms with E-state index in [-0.39, 0.29) is 17.9 Å². The Balaban J connectivity index is 1.50. The third-order valence-corrected chi connectivity index (χ3v) is 6.35. The van der Waals surface area contributed by atoms with Crippen molar-refractivity contribution in [3.05, 3.63) is 30.2 Å². The predicted molar refractivity (Wildman–Crippen MR) is 106 cm³/mol. The quantitative estimate of drug-likeness (QED) is 0.752. The molecule has 0 spiro atoms. The van der Waals surface area contributed by atoms with Gasteiger partial charge in [-0.15, -0.1) is 10.2 Å². The number of carbonyl (C=O) groups is 1. The van der Waals surface area contributed by atoms with Crippen molar-refractivity contribution in [2.75, 3.05) is 30.8 Å². The number of anilines is 1. The van der Waals surface area contributed by atoms with E-state index < -0.39 is 0 Å². The number of hydrogen-bond acceptors (Lipinski definition) is 6. The second kappa shape index (κ2) is 7.88. The van der Waals surface area contributed by atoms with Gasteiger partial charge in [-0.25, -0.2) is 4.98 Å². The van der Waals surface area contributed by atoms with Crippen LogP contribution in [-0.4, -0.2) is 56.4 Å². The van der Waals surface area contributed by atoms with Crippen molar-refractivity contribution in [1.82, 2.24) is 24.6 Å². The van der Waals surface area contributed by atoms with Gasteiger partial charge in [-0.3, -0.25) is 4.79 Å². The lowest BCUT2D eigenvalue weighted by Crippen LogP contribution is -2.45. The molecule has 0 radical (unpaired) electrons. The standard InChI is InChI=1S/C19H26N6OS/c1-23-17(21-22-19(23)27-2)15-8-6-12-25(15)18(26)14-7-5-11-24(13-14)16-9-3-4-10-20-16/h3-4,9-10,14-15H,5-8,11-13H2,1-2H3/t14-,15+/m1/s1. The number of hydrogen-bond donors (Lipinski definition) is 0. The molecule has 2 aromatic heterocycles. The van der Waals surface area contributed by atoms with Crippen LogP contribution in [0, 0.1) is 5.92 Å². The maximum absolute atomic E-state index is 13.4. The molecule has 27 heavy (non-hydrogen) atoms. The SMILES string of the molecule is CSc1nnc([C@@H]2CCCN2C(=O)[C@@H]2CCCN(c3ccccn3)C2)n1C. The van der Waals surface area contributed by atoms with Gasteiger partial charge in [0.05, 0.1) is 12.0 Å². The normalized spacial score (nSPS) is 23.0. The fourth-order valence-corrected chi connectivity index (χ4v) is 4.74. The van der Waals surface area contributed by atoms with Crippen LogP contribution in [0.4, 0.5) is 5.82 Å². The second-order valence-corrected chi connectivity index (χ2v) is 8.04. The van der Waals surface area contributed by atoms with E-state index in [0.717, 1.165) is 62.1 Å². The van der Waals surface area contributed by atoms with Gasteiger partial charge in [-0.2, -0.15) is 0 Å². The van der Waals surface area contributed by atoms with Gasteiger partial charge in [0, 0.05) is 32.9 Å². The molecule has 2 aliphatic rings. The lowest BCUT2D eigenvalue weighted by atomic mass is 9.96. The van der Waals surface area contributed by atoms with Crippen LogP contribution < -0.4 is 4.90 Å². The zero-order valence-corrected chi connectivity index (χ0v) is 16.7. The van der Waals surface area contributed by atoms with E-state index in [9.17, 15) is 4.79 Å². The number of pyridine rings is 1. The average molecular weight is 387 g/mol. The first-order valence-corrected chi connectivity index (χ1v) is 10.8. The zero-order chi connectivity index (χ0) is 18.8. The first kappa shape index (κ1) is 18.3. The van der Waals surface area contributed by atoms with Crippen molar-refractivity contribution in [3.63, 3.8) is 0 Å². The van der Waals surface area contributed by atoms with E-state index in [1.807, 2.05) is 47.2 Å². The largest absolute Gasteiger partial charge is 0.356 e. The van der Waals surface area contributed by atoms with Crippen LogP contribution in [0.15, 0.2) is 29.6 Å². The first-order chi connectivity index (χ1) is 13.2. The molecule has 8 heteroatoms. The summed E-state index contributed by atoms with van der Waals surface area (Å²) in [5.74, 6) is 2.15. The van der Waals surface area contributed by atoms with E-state index in [4.69, 9.17) is 0 Å². The molecule has 1 amide bonds. The summed E-state index contributed by atoms with van der Waals surface area (Å²) in [5.41, 5.74) is 0. The smallest absolute Gasteiger partial charge is 0.228 e. The number of likely N-dealkylation sites (tertiary alicyclic amines) is 1. The third kappa shape index (κ3) is 3.54. The highest BCUT2D eigenvalue weighted by molar-refractivity contribution is 7.98. The van der Waals surface area contributed by atoms with Crippen LogP contribution in [0.5, 0.6) is 0 Å². The minimum Gasteiger partial charge on any atom is -0.356 e. The van der Waals surface area contributed by atoms with Crippen molar-refractivity contribution in [2.45, 2.75) is 36.9 Å². The number of thioether (sulfide) groups is 1. The van der Waals surface area contributed by atoms with E-state index in [0.29, 0.717) is 0 Å². The molecule has 0 N–H and O–H groups in total. The highest BCUT2D eigenvalue weighted by atomic mass is 32.2. The number of carbonyl (C=O) groups excluding carboxylic acids is 1. The molecule has 0 aliphatic carbocycles. The maximum Gasteiger partial charge on any atom is 0.228 e. The Morgan fingerprint density at radius 2 is 2.04 bits per heavy atom. The molecule has 0 bridgehead atoms. The van der Waals surface area contributed by atoms with Gasteiger partial charge in [0.15, 0.2) is 11.0 Å². The number of aromatic nitrogens is 4. The van der Waals surface area contributed by atoms with Gasteiger partial charge in [0.2, 0.25) is 5.91 Å². The van der Waals surface area contributed by atoms with Gasteiger partial charge in [-0.1, -0.05) is 17.8 Å². The summed E-state index contributed by atoms with van der Waals surface area (Å²) in [6.45, 7) is 2.52. The molecular weight excluding hydrogens is 360 g/mol. The summed E-state index contributed by atoms with van der Waals surface area (Å²) in [4.78, 5) is 22.1. The Kier molecular flexibility index (Phi) is 5.33. The molecule has 4 rings (SSSR count). The molecular formula is C19H26N6OS. The van der Waals surface area contributed by atoms with Crippen LogP contribution in [-0.2, 0) is 11.8 Å². The van der Waals surface area contributed by atoms with Crippen molar-refractivity contribution in [3.8, 4) is 0 Å². The number of nitrogens with zero attached hydrogens (tertiary/aromatic N) is 6.